The van der Waals surface area contributed by atoms with Crippen molar-refractivity contribution in [3.63, 3.8) is 0 Å². The van der Waals surface area contributed by atoms with Gasteiger partial charge in [0.1, 0.15) is 11.6 Å². The minimum atomic E-state index is 0.201. The van der Waals surface area contributed by atoms with E-state index in [-0.39, 0.29) is 11.8 Å². The lowest BCUT2D eigenvalue weighted by Crippen LogP contribution is -2.40. The van der Waals surface area contributed by atoms with Crippen LogP contribution in [0.25, 0.3) is 0 Å². The normalized spacial score (nSPS) is 21.0. The van der Waals surface area contributed by atoms with Gasteiger partial charge in [-0.1, -0.05) is 30.3 Å². The molecule has 3 heterocycles. The van der Waals surface area contributed by atoms with Gasteiger partial charge in [0.2, 0.25) is 5.91 Å². The van der Waals surface area contributed by atoms with Crippen LogP contribution in [0.15, 0.2) is 30.3 Å². The number of morpholine rings is 1. The highest BCUT2D eigenvalue weighted by molar-refractivity contribution is 5.78. The highest BCUT2D eigenvalue weighted by Gasteiger charge is 2.28. The first-order valence-corrected chi connectivity index (χ1v) is 10.2. The summed E-state index contributed by atoms with van der Waals surface area (Å²) >= 11 is 0. The second-order valence-corrected chi connectivity index (χ2v) is 7.76. The average Bonchev–Trinajstić information content (AvgIpc) is 3.10. The van der Waals surface area contributed by atoms with Gasteiger partial charge in [-0.15, -0.1) is 10.2 Å². The lowest BCUT2D eigenvalue weighted by molar-refractivity contribution is -0.131. The van der Waals surface area contributed by atoms with Gasteiger partial charge >= 0.3 is 0 Å². The van der Waals surface area contributed by atoms with Gasteiger partial charge in [-0.2, -0.15) is 0 Å². The van der Waals surface area contributed by atoms with Crippen LogP contribution in [-0.4, -0.2) is 69.9 Å². The molecule has 28 heavy (non-hydrogen) atoms. The average molecular weight is 383 g/mol. The molecule has 0 radical (unpaired) electrons. The maximum atomic E-state index is 12.8. The van der Waals surface area contributed by atoms with Crippen molar-refractivity contribution in [2.75, 3.05) is 39.4 Å². The lowest BCUT2D eigenvalue weighted by Gasteiger charge is -2.32. The number of ether oxygens (including phenoxy) is 1. The van der Waals surface area contributed by atoms with E-state index in [4.69, 9.17) is 4.74 Å². The molecule has 1 unspecified atom stereocenters. The van der Waals surface area contributed by atoms with Crippen LogP contribution in [0.3, 0.4) is 0 Å². The van der Waals surface area contributed by atoms with E-state index in [9.17, 15) is 4.79 Å². The van der Waals surface area contributed by atoms with Gasteiger partial charge in [0.05, 0.1) is 26.2 Å². The number of benzene rings is 1. The van der Waals surface area contributed by atoms with Gasteiger partial charge in [-0.25, -0.2) is 0 Å². The zero-order chi connectivity index (χ0) is 19.3. The minimum absolute atomic E-state index is 0.201. The Labute approximate surface area is 166 Å². The van der Waals surface area contributed by atoms with E-state index in [1.807, 2.05) is 35.2 Å². The lowest BCUT2D eigenvalue weighted by atomic mass is 9.96. The van der Waals surface area contributed by atoms with E-state index < -0.39 is 0 Å². The van der Waals surface area contributed by atoms with Crippen molar-refractivity contribution >= 4 is 5.91 Å². The van der Waals surface area contributed by atoms with E-state index in [2.05, 4.69) is 26.7 Å². The fraction of sp³-hybridized carbons (Fsp3) is 0.571. The molecule has 2 aromatic rings. The molecule has 4 rings (SSSR count). The number of aromatic nitrogens is 3. The summed E-state index contributed by atoms with van der Waals surface area (Å²) in [5, 5.41) is 8.95. The number of nitrogens with zero attached hydrogens (tertiary/aromatic N) is 5. The molecule has 2 fully saturated rings. The summed E-state index contributed by atoms with van der Waals surface area (Å²) in [6.45, 7) is 5.81. The SMILES string of the molecule is Cn1c(CN2CCOCC2)nnc1C1CCCN(C(=O)Cc2ccccc2)C1. The molecule has 0 bridgehead atoms. The highest BCUT2D eigenvalue weighted by Crippen LogP contribution is 2.26. The summed E-state index contributed by atoms with van der Waals surface area (Å²) in [6.07, 6.45) is 2.53. The van der Waals surface area contributed by atoms with Crippen molar-refractivity contribution in [1.29, 1.82) is 0 Å². The number of hydrogen-bond donors (Lipinski definition) is 0. The monoisotopic (exact) mass is 383 g/mol. The molecule has 150 valence electrons. The van der Waals surface area contributed by atoms with E-state index in [0.29, 0.717) is 6.42 Å². The zero-order valence-electron chi connectivity index (χ0n) is 16.6. The number of hydrogen-bond acceptors (Lipinski definition) is 5. The molecule has 0 aliphatic carbocycles. The Kier molecular flexibility index (Phi) is 6.02. The Morgan fingerprint density at radius 1 is 1.14 bits per heavy atom. The number of likely N-dealkylation sites (tertiary alicyclic amines) is 1. The van der Waals surface area contributed by atoms with Crippen LogP contribution >= 0.6 is 0 Å². The molecule has 1 aromatic heterocycles. The molecule has 2 saturated heterocycles. The van der Waals surface area contributed by atoms with Gasteiger partial charge in [0.25, 0.3) is 0 Å². The van der Waals surface area contributed by atoms with Crippen molar-refractivity contribution in [2.24, 2.45) is 7.05 Å². The zero-order valence-corrected chi connectivity index (χ0v) is 16.6. The van der Waals surface area contributed by atoms with E-state index >= 15 is 0 Å². The Bertz CT molecular complexity index is 785. The number of amides is 1. The van der Waals surface area contributed by atoms with Crippen LogP contribution in [0.2, 0.25) is 0 Å². The van der Waals surface area contributed by atoms with Crippen molar-refractivity contribution in [1.82, 2.24) is 24.6 Å². The van der Waals surface area contributed by atoms with Crippen LogP contribution in [-0.2, 0) is 29.5 Å². The number of piperidine rings is 1. The van der Waals surface area contributed by atoms with Gasteiger partial charge < -0.3 is 14.2 Å². The summed E-state index contributed by atoms with van der Waals surface area (Å²) in [5.74, 6) is 2.45. The smallest absolute Gasteiger partial charge is 0.227 e. The maximum Gasteiger partial charge on any atom is 0.227 e. The molecular formula is C21H29N5O2. The van der Waals surface area contributed by atoms with Gasteiger partial charge in [-0.05, 0) is 18.4 Å². The summed E-state index contributed by atoms with van der Waals surface area (Å²) < 4.78 is 7.55. The Morgan fingerprint density at radius 2 is 1.93 bits per heavy atom. The molecule has 0 spiro atoms. The Morgan fingerprint density at radius 3 is 2.71 bits per heavy atom. The molecular weight excluding hydrogens is 354 g/mol. The standard InChI is InChI=1S/C21H29N5O2/c1-24-19(16-25-10-12-28-13-11-25)22-23-21(24)18-8-5-9-26(15-18)20(27)14-17-6-3-2-4-7-17/h2-4,6-7,18H,5,8-16H2,1H3. The minimum Gasteiger partial charge on any atom is -0.379 e. The van der Waals surface area contributed by atoms with Gasteiger partial charge in [-0.3, -0.25) is 9.69 Å². The molecule has 7 nitrogen and oxygen atoms in total. The fourth-order valence-electron chi connectivity index (χ4n) is 4.12. The second kappa shape index (κ2) is 8.84. The summed E-state index contributed by atoms with van der Waals surface area (Å²) in [7, 11) is 2.05. The molecule has 0 N–H and O–H groups in total. The van der Waals surface area contributed by atoms with Gasteiger partial charge in [0, 0.05) is 39.1 Å². The second-order valence-electron chi connectivity index (χ2n) is 7.76. The first-order valence-electron chi connectivity index (χ1n) is 10.2. The van der Waals surface area contributed by atoms with Crippen molar-refractivity contribution in [3.8, 4) is 0 Å². The largest absolute Gasteiger partial charge is 0.379 e. The topological polar surface area (TPSA) is 63.5 Å². The van der Waals surface area contributed by atoms with Crippen molar-refractivity contribution in [2.45, 2.75) is 31.7 Å². The summed E-state index contributed by atoms with van der Waals surface area (Å²) in [6, 6.07) is 9.97. The predicted molar refractivity (Wildman–Crippen MR) is 106 cm³/mol. The van der Waals surface area contributed by atoms with E-state index in [0.717, 1.165) is 76.0 Å². The number of carbonyl (C=O) groups is 1. The predicted octanol–water partition coefficient (Wildman–Crippen LogP) is 1.60. The number of rotatable bonds is 5. The van der Waals surface area contributed by atoms with E-state index in [1.54, 1.807) is 0 Å². The molecule has 1 aromatic carbocycles. The van der Waals surface area contributed by atoms with Crippen LogP contribution in [0.4, 0.5) is 0 Å². The Hall–Kier alpha value is -2.25. The highest BCUT2D eigenvalue weighted by atomic mass is 16.5. The van der Waals surface area contributed by atoms with Gasteiger partial charge in [0.15, 0.2) is 0 Å². The molecule has 7 heteroatoms. The Balaban J connectivity index is 1.39. The number of carbonyl (C=O) groups excluding carboxylic acids is 1. The van der Waals surface area contributed by atoms with Crippen LogP contribution in [0, 0.1) is 0 Å². The van der Waals surface area contributed by atoms with Crippen molar-refractivity contribution in [3.05, 3.63) is 47.5 Å². The molecule has 1 amide bonds. The first kappa shape index (κ1) is 19.1. The third kappa shape index (κ3) is 4.42. The van der Waals surface area contributed by atoms with Crippen LogP contribution in [0.5, 0.6) is 0 Å². The molecule has 0 saturated carbocycles. The van der Waals surface area contributed by atoms with Crippen LogP contribution in [0.1, 0.15) is 36.0 Å². The summed E-state index contributed by atoms with van der Waals surface area (Å²) in [5.41, 5.74) is 1.07. The first-order chi connectivity index (χ1) is 13.7. The third-order valence-corrected chi connectivity index (χ3v) is 5.80. The summed E-state index contributed by atoms with van der Waals surface area (Å²) in [4.78, 5) is 17.1. The fourth-order valence-corrected chi connectivity index (χ4v) is 4.12. The maximum absolute atomic E-state index is 12.8. The third-order valence-electron chi connectivity index (χ3n) is 5.80. The molecule has 1 atom stereocenters. The van der Waals surface area contributed by atoms with Crippen molar-refractivity contribution < 1.29 is 9.53 Å². The van der Waals surface area contributed by atoms with E-state index in [1.165, 1.54) is 0 Å². The van der Waals surface area contributed by atoms with Crippen LogP contribution < -0.4 is 0 Å². The molecule has 2 aliphatic heterocycles. The molecule has 2 aliphatic rings. The quantitative estimate of drug-likeness (QED) is 0.785.